The summed E-state index contributed by atoms with van der Waals surface area (Å²) in [5.74, 6) is 0.199. The molecule has 8 heteroatoms. The SMILES string of the molecule is COc1ccccc1CCN(C)S(=O)(=O)c1ccc2c(c1)oc(=O)n2C. The first-order chi connectivity index (χ1) is 12.3. The van der Waals surface area contributed by atoms with Crippen LogP contribution in [0.2, 0.25) is 0 Å². The minimum absolute atomic E-state index is 0.0851. The van der Waals surface area contributed by atoms with Crippen molar-refractivity contribution < 1.29 is 17.6 Å². The van der Waals surface area contributed by atoms with Gasteiger partial charge in [0.2, 0.25) is 10.0 Å². The van der Waals surface area contributed by atoms with Crippen LogP contribution in [0.1, 0.15) is 5.56 Å². The molecule has 0 saturated heterocycles. The maximum Gasteiger partial charge on any atom is 0.419 e. The maximum absolute atomic E-state index is 12.8. The van der Waals surface area contributed by atoms with Crippen LogP contribution < -0.4 is 10.5 Å². The summed E-state index contributed by atoms with van der Waals surface area (Å²) < 4.78 is 38.6. The monoisotopic (exact) mass is 376 g/mol. The number of hydrogen-bond acceptors (Lipinski definition) is 5. The summed E-state index contributed by atoms with van der Waals surface area (Å²) in [4.78, 5) is 11.7. The van der Waals surface area contributed by atoms with E-state index in [4.69, 9.17) is 9.15 Å². The topological polar surface area (TPSA) is 81.8 Å². The summed E-state index contributed by atoms with van der Waals surface area (Å²) in [7, 11) is 0.978. The Labute approximate surface area is 151 Å². The van der Waals surface area contributed by atoms with E-state index >= 15 is 0 Å². The summed E-state index contributed by atoms with van der Waals surface area (Å²) in [6, 6.07) is 11.9. The smallest absolute Gasteiger partial charge is 0.419 e. The van der Waals surface area contributed by atoms with Crippen molar-refractivity contribution in [1.82, 2.24) is 8.87 Å². The van der Waals surface area contributed by atoms with E-state index in [0.717, 1.165) is 11.3 Å². The van der Waals surface area contributed by atoms with Gasteiger partial charge in [0.05, 0.1) is 17.5 Å². The van der Waals surface area contributed by atoms with E-state index in [0.29, 0.717) is 18.5 Å². The molecule has 0 unspecified atom stereocenters. The molecular weight excluding hydrogens is 356 g/mol. The van der Waals surface area contributed by atoms with Gasteiger partial charge in [0.1, 0.15) is 5.75 Å². The van der Waals surface area contributed by atoms with Crippen LogP contribution in [0, 0.1) is 0 Å². The van der Waals surface area contributed by atoms with Crippen LogP contribution in [0.25, 0.3) is 11.1 Å². The van der Waals surface area contributed by atoms with Gasteiger partial charge in [-0.25, -0.2) is 17.5 Å². The predicted molar refractivity (Wildman–Crippen MR) is 98.0 cm³/mol. The molecule has 3 aromatic rings. The van der Waals surface area contributed by atoms with Crippen LogP contribution in [0.4, 0.5) is 0 Å². The Kier molecular flexibility index (Phi) is 4.88. The van der Waals surface area contributed by atoms with Crippen molar-refractivity contribution >= 4 is 21.1 Å². The average Bonchev–Trinajstić information content (AvgIpc) is 2.93. The number of rotatable bonds is 6. The van der Waals surface area contributed by atoms with Crippen LogP contribution in [0.15, 0.2) is 56.6 Å². The molecule has 1 heterocycles. The molecule has 0 amide bonds. The Bertz CT molecular complexity index is 1100. The Morgan fingerprint density at radius 3 is 2.65 bits per heavy atom. The number of aromatic nitrogens is 1. The third-order valence-electron chi connectivity index (χ3n) is 4.36. The molecule has 0 spiro atoms. The van der Waals surface area contributed by atoms with Gasteiger partial charge in [-0.15, -0.1) is 0 Å². The standard InChI is InChI=1S/C18H20N2O5S/c1-19(11-10-13-6-4-5-7-16(13)24-3)26(22,23)14-8-9-15-17(12-14)25-18(21)20(15)2/h4-9,12H,10-11H2,1-3H3. The van der Waals surface area contributed by atoms with E-state index in [-0.39, 0.29) is 10.5 Å². The van der Waals surface area contributed by atoms with Gasteiger partial charge < -0.3 is 9.15 Å². The Hall–Kier alpha value is -2.58. The van der Waals surface area contributed by atoms with Crippen LogP contribution in [-0.4, -0.2) is 38.0 Å². The van der Waals surface area contributed by atoms with Crippen molar-refractivity contribution in [2.24, 2.45) is 7.05 Å². The van der Waals surface area contributed by atoms with Crippen molar-refractivity contribution in [2.75, 3.05) is 20.7 Å². The molecule has 7 nitrogen and oxygen atoms in total. The third-order valence-corrected chi connectivity index (χ3v) is 6.21. The number of oxazole rings is 1. The highest BCUT2D eigenvalue weighted by Crippen LogP contribution is 2.22. The fraction of sp³-hybridized carbons (Fsp3) is 0.278. The van der Waals surface area contributed by atoms with Gasteiger partial charge in [-0.3, -0.25) is 4.57 Å². The van der Waals surface area contributed by atoms with E-state index < -0.39 is 15.8 Å². The summed E-state index contributed by atoms with van der Waals surface area (Å²) in [6.45, 7) is 0.291. The molecule has 0 saturated carbocycles. The van der Waals surface area contributed by atoms with Gasteiger partial charge in [-0.2, -0.15) is 0 Å². The first kappa shape index (κ1) is 18.2. The van der Waals surface area contributed by atoms with Gasteiger partial charge in [-0.05, 0) is 30.2 Å². The zero-order chi connectivity index (χ0) is 18.9. The number of para-hydroxylation sites is 1. The van der Waals surface area contributed by atoms with Crippen LogP contribution >= 0.6 is 0 Å². The number of likely N-dealkylation sites (N-methyl/N-ethyl adjacent to an activating group) is 1. The van der Waals surface area contributed by atoms with Gasteiger partial charge in [-0.1, -0.05) is 18.2 Å². The van der Waals surface area contributed by atoms with Gasteiger partial charge in [0, 0.05) is 26.7 Å². The average molecular weight is 376 g/mol. The molecule has 2 aromatic carbocycles. The number of benzene rings is 2. The van der Waals surface area contributed by atoms with Gasteiger partial charge in [0.25, 0.3) is 0 Å². The second kappa shape index (κ2) is 6.97. The third kappa shape index (κ3) is 3.25. The number of methoxy groups -OCH3 is 1. The molecule has 1 aromatic heterocycles. The zero-order valence-electron chi connectivity index (χ0n) is 14.8. The van der Waals surface area contributed by atoms with Crippen molar-refractivity contribution in [3.05, 3.63) is 58.6 Å². The lowest BCUT2D eigenvalue weighted by Gasteiger charge is -2.18. The quantitative estimate of drug-likeness (QED) is 0.657. The maximum atomic E-state index is 12.8. The summed E-state index contributed by atoms with van der Waals surface area (Å²) >= 11 is 0. The van der Waals surface area contributed by atoms with Gasteiger partial charge >= 0.3 is 5.76 Å². The second-order valence-electron chi connectivity index (χ2n) is 5.94. The molecular formula is C18H20N2O5S. The molecule has 0 radical (unpaired) electrons. The fourth-order valence-corrected chi connectivity index (χ4v) is 3.95. The summed E-state index contributed by atoms with van der Waals surface area (Å²) in [5.41, 5.74) is 1.73. The molecule has 0 aliphatic rings. The molecule has 0 atom stereocenters. The van der Waals surface area contributed by atoms with Crippen molar-refractivity contribution in [3.8, 4) is 5.75 Å². The highest BCUT2D eigenvalue weighted by molar-refractivity contribution is 7.89. The molecule has 3 rings (SSSR count). The highest BCUT2D eigenvalue weighted by atomic mass is 32.2. The van der Waals surface area contributed by atoms with E-state index in [2.05, 4.69) is 0 Å². The van der Waals surface area contributed by atoms with E-state index in [1.807, 2.05) is 24.3 Å². The van der Waals surface area contributed by atoms with Crippen LogP contribution in [0.3, 0.4) is 0 Å². The molecule has 138 valence electrons. The number of hydrogen-bond donors (Lipinski definition) is 0. The number of fused-ring (bicyclic) bond motifs is 1. The van der Waals surface area contributed by atoms with Crippen molar-refractivity contribution in [1.29, 1.82) is 0 Å². The molecule has 26 heavy (non-hydrogen) atoms. The van der Waals surface area contributed by atoms with E-state index in [1.54, 1.807) is 20.2 Å². The Morgan fingerprint density at radius 2 is 1.92 bits per heavy atom. The fourth-order valence-electron chi connectivity index (χ4n) is 2.76. The zero-order valence-corrected chi connectivity index (χ0v) is 15.6. The van der Waals surface area contributed by atoms with E-state index in [9.17, 15) is 13.2 Å². The Balaban J connectivity index is 1.84. The first-order valence-corrected chi connectivity index (χ1v) is 9.46. The van der Waals surface area contributed by atoms with Crippen molar-refractivity contribution in [2.45, 2.75) is 11.3 Å². The minimum atomic E-state index is -3.70. The molecule has 0 bridgehead atoms. The number of nitrogens with zero attached hydrogens (tertiary/aromatic N) is 2. The molecule has 0 N–H and O–H groups in total. The first-order valence-electron chi connectivity index (χ1n) is 8.02. The summed E-state index contributed by atoms with van der Waals surface area (Å²) in [5, 5.41) is 0. The summed E-state index contributed by atoms with van der Waals surface area (Å²) in [6.07, 6.45) is 0.516. The minimum Gasteiger partial charge on any atom is -0.496 e. The number of aryl methyl sites for hydroxylation is 1. The van der Waals surface area contributed by atoms with E-state index in [1.165, 1.54) is 28.1 Å². The van der Waals surface area contributed by atoms with Crippen molar-refractivity contribution in [3.63, 3.8) is 0 Å². The van der Waals surface area contributed by atoms with Crippen LogP contribution in [-0.2, 0) is 23.5 Å². The highest BCUT2D eigenvalue weighted by Gasteiger charge is 2.22. The lowest BCUT2D eigenvalue weighted by molar-refractivity contribution is 0.406. The lowest BCUT2D eigenvalue weighted by Crippen LogP contribution is -2.29. The predicted octanol–water partition coefficient (Wildman–Crippen LogP) is 2.00. The largest absolute Gasteiger partial charge is 0.496 e. The number of sulfonamides is 1. The number of ether oxygens (including phenoxy) is 1. The molecule has 0 fully saturated rings. The van der Waals surface area contributed by atoms with Crippen LogP contribution in [0.5, 0.6) is 5.75 Å². The van der Waals surface area contributed by atoms with Gasteiger partial charge in [0.15, 0.2) is 5.58 Å². The molecule has 0 aliphatic carbocycles. The lowest BCUT2D eigenvalue weighted by atomic mass is 10.1. The normalized spacial score (nSPS) is 12.0. The Morgan fingerprint density at radius 1 is 1.19 bits per heavy atom. The second-order valence-corrected chi connectivity index (χ2v) is 7.99. The molecule has 0 aliphatic heterocycles.